The number of urea groups is 1. The second kappa shape index (κ2) is 16.8. The molecular formula is C40H44ClN3O7. The van der Waals surface area contributed by atoms with Crippen LogP contribution in [-0.2, 0) is 37.6 Å². The first-order valence-corrected chi connectivity index (χ1v) is 17.6. The molecule has 0 aromatic heterocycles. The van der Waals surface area contributed by atoms with E-state index in [-0.39, 0.29) is 18.8 Å². The summed E-state index contributed by atoms with van der Waals surface area (Å²) >= 11 is 6.08. The minimum atomic E-state index is -0.897. The van der Waals surface area contributed by atoms with E-state index in [9.17, 15) is 19.8 Å². The van der Waals surface area contributed by atoms with Gasteiger partial charge in [-0.05, 0) is 59.4 Å². The monoisotopic (exact) mass is 713 g/mol. The smallest absolute Gasteiger partial charge is 0.328 e. The molecule has 4 atom stereocenters. The maximum atomic E-state index is 12.9. The van der Waals surface area contributed by atoms with Crippen LogP contribution in [0.2, 0.25) is 5.02 Å². The second-order valence-electron chi connectivity index (χ2n) is 13.2. The van der Waals surface area contributed by atoms with Crippen LogP contribution in [0.15, 0.2) is 103 Å². The highest BCUT2D eigenvalue weighted by Crippen LogP contribution is 2.39. The lowest BCUT2D eigenvalue weighted by atomic mass is 9.84. The number of likely N-dealkylation sites (tertiary alicyclic amines) is 1. The predicted octanol–water partition coefficient (Wildman–Crippen LogP) is 6.27. The third kappa shape index (κ3) is 9.53. The number of hydrogen-bond acceptors (Lipinski definition) is 8. The number of ether oxygens (including phenoxy) is 3. The van der Waals surface area contributed by atoms with E-state index >= 15 is 0 Å². The zero-order chi connectivity index (χ0) is 35.8. The molecule has 0 spiro atoms. The normalized spacial score (nSPS) is 21.0. The van der Waals surface area contributed by atoms with Crippen molar-refractivity contribution in [2.75, 3.05) is 32.1 Å². The van der Waals surface area contributed by atoms with Gasteiger partial charge in [-0.15, -0.1) is 0 Å². The van der Waals surface area contributed by atoms with Crippen molar-refractivity contribution < 1.29 is 34.0 Å². The van der Waals surface area contributed by atoms with Crippen LogP contribution in [0, 0.1) is 0 Å². The van der Waals surface area contributed by atoms with E-state index in [2.05, 4.69) is 15.5 Å². The number of benzene rings is 4. The molecule has 2 heterocycles. The van der Waals surface area contributed by atoms with Gasteiger partial charge in [-0.25, -0.2) is 9.59 Å². The van der Waals surface area contributed by atoms with E-state index in [1.165, 1.54) is 7.11 Å². The van der Waals surface area contributed by atoms with Gasteiger partial charge >= 0.3 is 12.0 Å². The molecule has 0 aliphatic carbocycles. The summed E-state index contributed by atoms with van der Waals surface area (Å²) in [7, 11) is 1.29. The number of nitrogens with one attached hydrogen (secondary N) is 2. The molecule has 0 bridgehead atoms. The van der Waals surface area contributed by atoms with Crippen LogP contribution in [0.5, 0.6) is 0 Å². The topological polar surface area (TPSA) is 130 Å². The predicted molar refractivity (Wildman–Crippen MR) is 194 cm³/mol. The van der Waals surface area contributed by atoms with Crippen molar-refractivity contribution in [3.63, 3.8) is 0 Å². The van der Waals surface area contributed by atoms with E-state index in [4.69, 9.17) is 25.8 Å². The van der Waals surface area contributed by atoms with Crippen molar-refractivity contribution in [1.82, 2.24) is 10.2 Å². The van der Waals surface area contributed by atoms with E-state index in [1.54, 1.807) is 12.1 Å². The maximum Gasteiger partial charge on any atom is 0.328 e. The van der Waals surface area contributed by atoms with Crippen LogP contribution in [0.1, 0.15) is 59.5 Å². The Morgan fingerprint density at radius 2 is 1.57 bits per heavy atom. The molecule has 2 aliphatic rings. The molecule has 0 unspecified atom stereocenters. The van der Waals surface area contributed by atoms with Gasteiger partial charge in [0.2, 0.25) is 0 Å². The number of methoxy groups -OCH3 is 1. The van der Waals surface area contributed by atoms with Crippen molar-refractivity contribution in [2.45, 2.75) is 62.4 Å². The molecule has 2 amide bonds. The molecule has 0 saturated carbocycles. The zero-order valence-corrected chi connectivity index (χ0v) is 29.3. The standard InChI is InChI=1S/C40H44ClN3O7/c1-49-37(46)35(23-27-5-3-2-4-6-27)43-39(47)42-33-17-11-30(12-18-33)38-50-34(24-36(51-38)29-9-7-28(26-45)8-10-29)25-44-21-19-40(48,20-22-44)31-13-15-32(41)16-14-31/h2-18,34-36,38,45,48H,19-26H2,1H3,(H2,42,43,47)/t34-,35-,36+,38+/m0/s1. The number of nitrogens with zero attached hydrogens (tertiary/aromatic N) is 1. The molecule has 10 nitrogen and oxygen atoms in total. The molecule has 11 heteroatoms. The summed E-state index contributed by atoms with van der Waals surface area (Å²) < 4.78 is 18.0. The number of anilines is 1. The van der Waals surface area contributed by atoms with Crippen molar-refractivity contribution in [3.05, 3.63) is 136 Å². The molecule has 268 valence electrons. The average Bonchev–Trinajstić information content (AvgIpc) is 3.16. The third-order valence-electron chi connectivity index (χ3n) is 9.66. The van der Waals surface area contributed by atoms with Gasteiger partial charge in [0.05, 0.1) is 31.5 Å². The number of piperidine rings is 1. The van der Waals surface area contributed by atoms with Crippen LogP contribution < -0.4 is 10.6 Å². The minimum Gasteiger partial charge on any atom is -0.467 e. The highest BCUT2D eigenvalue weighted by atomic mass is 35.5. The van der Waals surface area contributed by atoms with E-state index in [1.807, 2.05) is 91.0 Å². The molecule has 2 aliphatic heterocycles. The Labute approximate surface area is 303 Å². The van der Waals surface area contributed by atoms with Gasteiger partial charge in [0.25, 0.3) is 0 Å². The molecule has 4 aromatic rings. The van der Waals surface area contributed by atoms with Gasteiger partial charge in [-0.2, -0.15) is 0 Å². The Morgan fingerprint density at radius 3 is 2.22 bits per heavy atom. The molecule has 51 heavy (non-hydrogen) atoms. The molecule has 0 radical (unpaired) electrons. The van der Waals surface area contributed by atoms with E-state index in [0.717, 1.165) is 27.8 Å². The van der Waals surface area contributed by atoms with Crippen molar-refractivity contribution in [3.8, 4) is 0 Å². The third-order valence-corrected chi connectivity index (χ3v) is 9.91. The number of amides is 2. The first-order valence-electron chi connectivity index (χ1n) is 17.2. The van der Waals surface area contributed by atoms with Crippen LogP contribution in [0.25, 0.3) is 0 Å². The fourth-order valence-electron chi connectivity index (χ4n) is 6.71. The van der Waals surface area contributed by atoms with Crippen LogP contribution >= 0.6 is 11.6 Å². The highest BCUT2D eigenvalue weighted by Gasteiger charge is 2.37. The Hall–Kier alpha value is -4.29. The fourth-order valence-corrected chi connectivity index (χ4v) is 6.84. The van der Waals surface area contributed by atoms with Gasteiger partial charge in [0.15, 0.2) is 6.29 Å². The van der Waals surface area contributed by atoms with E-state index in [0.29, 0.717) is 56.0 Å². The summed E-state index contributed by atoms with van der Waals surface area (Å²) in [5, 5.41) is 27.1. The molecule has 4 aromatic carbocycles. The summed E-state index contributed by atoms with van der Waals surface area (Å²) in [5.74, 6) is -0.534. The largest absolute Gasteiger partial charge is 0.467 e. The molecule has 4 N–H and O–H groups in total. The average molecular weight is 714 g/mol. The number of esters is 1. The number of aliphatic hydroxyl groups excluding tert-OH is 1. The number of carbonyl (C=O) groups is 2. The summed E-state index contributed by atoms with van der Waals surface area (Å²) in [6.07, 6.45) is 1.06. The van der Waals surface area contributed by atoms with Gasteiger partial charge < -0.3 is 40.0 Å². The first-order chi connectivity index (χ1) is 24.7. The second-order valence-corrected chi connectivity index (χ2v) is 13.6. The summed E-state index contributed by atoms with van der Waals surface area (Å²) in [6.45, 7) is 2.06. The quantitative estimate of drug-likeness (QED) is 0.134. The Kier molecular flexibility index (Phi) is 12.0. The van der Waals surface area contributed by atoms with Crippen LogP contribution in [0.3, 0.4) is 0 Å². The van der Waals surface area contributed by atoms with Crippen LogP contribution in [0.4, 0.5) is 10.5 Å². The SMILES string of the molecule is COC(=O)[C@H](Cc1ccccc1)NC(=O)Nc1ccc([C@@H]2O[C@H](CN3CCC(O)(c4ccc(Cl)cc4)CC3)C[C@H](c3ccc(CO)cc3)O2)cc1. The summed E-state index contributed by atoms with van der Waals surface area (Å²) in [5.41, 5.74) is 4.01. The van der Waals surface area contributed by atoms with Crippen molar-refractivity contribution >= 4 is 29.3 Å². The highest BCUT2D eigenvalue weighted by molar-refractivity contribution is 6.30. The zero-order valence-electron chi connectivity index (χ0n) is 28.5. The van der Waals surface area contributed by atoms with Gasteiger partial charge in [0, 0.05) is 48.7 Å². The molecule has 6 rings (SSSR count). The lowest BCUT2D eigenvalue weighted by Gasteiger charge is -2.42. The van der Waals surface area contributed by atoms with E-state index < -0.39 is 29.9 Å². The summed E-state index contributed by atoms with van der Waals surface area (Å²) in [4.78, 5) is 27.7. The Morgan fingerprint density at radius 1 is 0.902 bits per heavy atom. The summed E-state index contributed by atoms with van der Waals surface area (Å²) in [6, 6.07) is 30.4. The number of rotatable bonds is 11. The van der Waals surface area contributed by atoms with Crippen LogP contribution in [-0.4, -0.2) is 66.0 Å². The first kappa shape index (κ1) is 36.5. The Balaban J connectivity index is 1.11. The van der Waals surface area contributed by atoms with Crippen molar-refractivity contribution in [1.29, 1.82) is 0 Å². The fraction of sp³-hybridized carbons (Fsp3) is 0.350. The van der Waals surface area contributed by atoms with Gasteiger partial charge in [0.1, 0.15) is 6.04 Å². The molecular weight excluding hydrogens is 670 g/mol. The lowest BCUT2D eigenvalue weighted by molar-refractivity contribution is -0.253. The maximum absolute atomic E-state index is 12.9. The number of hydrogen-bond donors (Lipinski definition) is 4. The number of carbonyl (C=O) groups excluding carboxylic acids is 2. The lowest BCUT2D eigenvalue weighted by Crippen LogP contribution is -2.46. The molecule has 2 fully saturated rings. The van der Waals surface area contributed by atoms with Gasteiger partial charge in [-0.3, -0.25) is 0 Å². The molecule has 2 saturated heterocycles. The Bertz CT molecular complexity index is 1730. The van der Waals surface area contributed by atoms with Crippen molar-refractivity contribution in [2.24, 2.45) is 0 Å². The number of aliphatic hydroxyl groups is 2. The number of halogens is 1. The van der Waals surface area contributed by atoms with Gasteiger partial charge in [-0.1, -0.05) is 90.5 Å². The minimum absolute atomic E-state index is 0.0354.